The molecule has 16 unspecified atom stereocenters. The van der Waals surface area contributed by atoms with Gasteiger partial charge in [-0.1, -0.05) is 92.5 Å². The van der Waals surface area contributed by atoms with Crippen molar-refractivity contribution in [3.05, 3.63) is 23.3 Å². The van der Waals surface area contributed by atoms with Crippen LogP contribution < -0.4 is 0 Å². The van der Waals surface area contributed by atoms with Crippen molar-refractivity contribution in [2.24, 2.45) is 90.7 Å². The molecule has 0 aromatic carbocycles. The van der Waals surface area contributed by atoms with Crippen LogP contribution in [0.25, 0.3) is 0 Å². The summed E-state index contributed by atoms with van der Waals surface area (Å²) in [5.41, 5.74) is 1.77. The Labute approximate surface area is 405 Å². The number of aliphatic hydroxyl groups excluding tert-OH is 4. The molecule has 0 aliphatic heterocycles. The topological polar surface area (TPSA) is 121 Å². The Morgan fingerprint density at radius 1 is 0.455 bits per heavy atom. The zero-order valence-electron chi connectivity index (χ0n) is 45.5. The van der Waals surface area contributed by atoms with Crippen molar-refractivity contribution in [1.82, 2.24) is 0 Å². The third-order valence-corrected chi connectivity index (χ3v) is 24.7. The Morgan fingerprint density at radius 3 is 1.09 bits per heavy atom. The molecule has 0 aromatic heterocycles. The Balaban J connectivity index is 0.000000196. The molecule has 0 amide bonds. The molecule has 0 spiro atoms. The van der Waals surface area contributed by atoms with E-state index in [-0.39, 0.29) is 91.4 Å². The predicted octanol–water partition coefficient (Wildman–Crippen LogP) is 13.0. The molecule has 0 radical (unpaired) electrons. The van der Waals surface area contributed by atoms with E-state index in [1.54, 1.807) is 0 Å². The standard InChI is InChI=1S/2C30H52O3/c2*1-19(2)10-9-14-30(8,33)20-11-16-29(7)25(20)21(31)18-23-27(5)15-13-24(32)26(3,4)22(27)12-17-28(23,29)6/h2*10,20-25,31-33H,9,11-18H2,1-8H3/t20?,21?,22?,23?,24?,25?,27?,28?,29-,30+;20?,21?,22?,23?,24?,25?,27?,28?,29-,30-/m11/s1. The Hall–Kier alpha value is -0.760. The zero-order chi connectivity index (χ0) is 49.2. The number of allylic oxidation sites excluding steroid dienone is 4. The van der Waals surface area contributed by atoms with Gasteiger partial charge in [0.2, 0.25) is 0 Å². The fourth-order valence-electron chi connectivity index (χ4n) is 20.6. The average molecular weight is 921 g/mol. The molecule has 20 atom stereocenters. The van der Waals surface area contributed by atoms with Gasteiger partial charge in [0.1, 0.15) is 0 Å². The molecular weight excluding hydrogens is 817 g/mol. The van der Waals surface area contributed by atoms with Crippen molar-refractivity contribution >= 4 is 0 Å². The smallest absolute Gasteiger partial charge is 0.0654 e. The fourth-order valence-corrected chi connectivity index (χ4v) is 20.6. The van der Waals surface area contributed by atoms with Gasteiger partial charge in [-0.25, -0.2) is 0 Å². The van der Waals surface area contributed by atoms with Crippen LogP contribution in [0.4, 0.5) is 0 Å². The summed E-state index contributed by atoms with van der Waals surface area (Å²) in [7, 11) is 0. The van der Waals surface area contributed by atoms with Gasteiger partial charge < -0.3 is 30.6 Å². The number of rotatable bonds is 8. The van der Waals surface area contributed by atoms with Crippen LogP contribution in [-0.4, -0.2) is 66.3 Å². The largest absolute Gasteiger partial charge is 0.393 e. The second-order valence-electron chi connectivity index (χ2n) is 29.0. The molecule has 0 saturated heterocycles. The van der Waals surface area contributed by atoms with Crippen molar-refractivity contribution in [3.8, 4) is 0 Å². The fraction of sp³-hybridized carbons (Fsp3) is 0.933. The molecule has 8 rings (SSSR count). The summed E-state index contributed by atoms with van der Waals surface area (Å²) >= 11 is 0. The number of hydrogen-bond donors (Lipinski definition) is 6. The zero-order valence-corrected chi connectivity index (χ0v) is 45.5. The third-order valence-electron chi connectivity index (χ3n) is 24.7. The molecule has 8 aliphatic carbocycles. The van der Waals surface area contributed by atoms with E-state index in [4.69, 9.17) is 0 Å². The SMILES string of the molecule is CC(C)=CCC[C@@](C)(O)C1CC[C@]2(C)C1C(O)CC1C3(C)CCC(O)C(C)(C)C3CCC12C.CC(C)=CCC[C@](C)(O)C1CC[C@]2(C)C1C(O)CC1C3(C)CCC(O)C(C)(C)C3CCC12C. The molecule has 0 bridgehead atoms. The Bertz CT molecular complexity index is 1690. The van der Waals surface area contributed by atoms with E-state index in [2.05, 4.69) is 109 Å². The first-order chi connectivity index (χ1) is 30.2. The molecule has 0 aromatic rings. The van der Waals surface area contributed by atoms with E-state index in [1.807, 2.05) is 13.8 Å². The van der Waals surface area contributed by atoms with Crippen LogP contribution in [0.2, 0.25) is 0 Å². The summed E-state index contributed by atoms with van der Waals surface area (Å²) < 4.78 is 0. The summed E-state index contributed by atoms with van der Waals surface area (Å²) in [6.45, 7) is 36.7. The van der Waals surface area contributed by atoms with Gasteiger partial charge in [0.05, 0.1) is 35.6 Å². The highest BCUT2D eigenvalue weighted by Gasteiger charge is 2.73. The Morgan fingerprint density at radius 2 is 0.773 bits per heavy atom. The molecule has 380 valence electrons. The quantitative estimate of drug-likeness (QED) is 0.135. The highest BCUT2D eigenvalue weighted by molar-refractivity contribution is 5.22. The second kappa shape index (κ2) is 17.5. The molecule has 0 heterocycles. The van der Waals surface area contributed by atoms with E-state index in [0.717, 1.165) is 89.9 Å². The van der Waals surface area contributed by atoms with Gasteiger partial charge in [-0.05, 0) is 248 Å². The van der Waals surface area contributed by atoms with E-state index >= 15 is 0 Å². The Kier molecular flexibility index (Phi) is 14.0. The first-order valence-corrected chi connectivity index (χ1v) is 27.7. The maximum absolute atomic E-state index is 11.8. The highest BCUT2D eigenvalue weighted by Crippen LogP contribution is 2.78. The van der Waals surface area contributed by atoms with Crippen molar-refractivity contribution < 1.29 is 30.6 Å². The van der Waals surface area contributed by atoms with Crippen LogP contribution >= 0.6 is 0 Å². The monoisotopic (exact) mass is 921 g/mol. The second-order valence-corrected chi connectivity index (χ2v) is 29.0. The van der Waals surface area contributed by atoms with Crippen molar-refractivity contribution in [2.75, 3.05) is 0 Å². The van der Waals surface area contributed by atoms with Crippen LogP contribution in [0.5, 0.6) is 0 Å². The van der Waals surface area contributed by atoms with Crippen LogP contribution in [0.1, 0.15) is 226 Å². The van der Waals surface area contributed by atoms with Crippen molar-refractivity contribution in [3.63, 3.8) is 0 Å². The number of aliphatic hydroxyl groups is 6. The molecule has 8 saturated carbocycles. The van der Waals surface area contributed by atoms with E-state index in [9.17, 15) is 30.6 Å². The van der Waals surface area contributed by atoms with Gasteiger partial charge in [0.25, 0.3) is 0 Å². The minimum absolute atomic E-state index is 0.0503. The highest BCUT2D eigenvalue weighted by atomic mass is 16.3. The van der Waals surface area contributed by atoms with E-state index in [0.29, 0.717) is 23.7 Å². The van der Waals surface area contributed by atoms with E-state index in [1.165, 1.54) is 36.8 Å². The number of fused-ring (bicyclic) bond motifs is 10. The maximum Gasteiger partial charge on any atom is 0.0654 e. The van der Waals surface area contributed by atoms with Crippen molar-refractivity contribution in [2.45, 2.75) is 262 Å². The first kappa shape index (κ1) is 53.0. The summed E-state index contributed by atoms with van der Waals surface area (Å²) in [6, 6.07) is 0. The van der Waals surface area contributed by atoms with Gasteiger partial charge in [-0.2, -0.15) is 0 Å². The molecular formula is C60H104O6. The van der Waals surface area contributed by atoms with E-state index < -0.39 is 11.2 Å². The first-order valence-electron chi connectivity index (χ1n) is 27.7. The number of hydrogen-bond acceptors (Lipinski definition) is 6. The van der Waals surface area contributed by atoms with Gasteiger partial charge in [0, 0.05) is 0 Å². The van der Waals surface area contributed by atoms with Crippen LogP contribution in [0.3, 0.4) is 0 Å². The van der Waals surface area contributed by atoms with Gasteiger partial charge in [0.15, 0.2) is 0 Å². The molecule has 6 N–H and O–H groups in total. The van der Waals surface area contributed by atoms with Crippen molar-refractivity contribution in [1.29, 1.82) is 0 Å². The summed E-state index contributed by atoms with van der Waals surface area (Å²) in [5, 5.41) is 68.5. The van der Waals surface area contributed by atoms with Gasteiger partial charge in [-0.15, -0.1) is 0 Å². The van der Waals surface area contributed by atoms with Crippen LogP contribution in [0, 0.1) is 90.7 Å². The molecule has 66 heavy (non-hydrogen) atoms. The van der Waals surface area contributed by atoms with Crippen LogP contribution in [0.15, 0.2) is 23.3 Å². The lowest BCUT2D eigenvalue weighted by molar-refractivity contribution is -0.246. The summed E-state index contributed by atoms with van der Waals surface area (Å²) in [5.74, 6) is 2.62. The minimum Gasteiger partial charge on any atom is -0.393 e. The molecule has 8 fully saturated rings. The average Bonchev–Trinajstić information content (AvgIpc) is 3.78. The maximum atomic E-state index is 11.8. The minimum atomic E-state index is -0.739. The predicted molar refractivity (Wildman–Crippen MR) is 271 cm³/mol. The third kappa shape index (κ3) is 7.98. The van der Waals surface area contributed by atoms with Gasteiger partial charge >= 0.3 is 0 Å². The normalized spacial score (nSPS) is 50.5. The molecule has 8 aliphatic rings. The molecule has 6 heteroatoms. The van der Waals surface area contributed by atoms with Gasteiger partial charge in [-0.3, -0.25) is 0 Å². The molecule has 6 nitrogen and oxygen atoms in total. The summed E-state index contributed by atoms with van der Waals surface area (Å²) in [4.78, 5) is 0. The summed E-state index contributed by atoms with van der Waals surface area (Å²) in [6.07, 6.45) is 21.3. The lowest BCUT2D eigenvalue weighted by Gasteiger charge is -2.70. The lowest BCUT2D eigenvalue weighted by atomic mass is 9.35. The van der Waals surface area contributed by atoms with Crippen LogP contribution in [-0.2, 0) is 0 Å². The lowest BCUT2D eigenvalue weighted by Crippen LogP contribution is -2.66.